The van der Waals surface area contributed by atoms with Crippen LogP contribution in [0.2, 0.25) is 0 Å². The van der Waals surface area contributed by atoms with Gasteiger partial charge in [0, 0.05) is 25.7 Å². The zero-order valence-electron chi connectivity index (χ0n) is 9.86. The first kappa shape index (κ1) is 13.4. The maximum absolute atomic E-state index is 13.1. The smallest absolute Gasteiger partial charge is 0.243 e. The van der Waals surface area contributed by atoms with Gasteiger partial charge in [-0.05, 0) is 25.1 Å². The molecule has 18 heavy (non-hydrogen) atoms. The lowest BCUT2D eigenvalue weighted by atomic mass is 10.3. The van der Waals surface area contributed by atoms with E-state index in [1.807, 2.05) is 0 Å². The van der Waals surface area contributed by atoms with E-state index in [1.165, 1.54) is 4.31 Å². The topological polar surface area (TPSA) is 49.4 Å². The summed E-state index contributed by atoms with van der Waals surface area (Å²) < 4.78 is 51.8. The molecular weight excluding hydrogens is 262 g/mol. The number of piperazine rings is 1. The molecule has 0 amide bonds. The Morgan fingerprint density at radius 2 is 2.06 bits per heavy atom. The van der Waals surface area contributed by atoms with E-state index in [4.69, 9.17) is 0 Å². The van der Waals surface area contributed by atoms with Crippen molar-refractivity contribution >= 4 is 10.0 Å². The van der Waals surface area contributed by atoms with E-state index in [2.05, 4.69) is 5.32 Å². The molecule has 1 saturated heterocycles. The van der Waals surface area contributed by atoms with Crippen LogP contribution < -0.4 is 5.32 Å². The monoisotopic (exact) mass is 276 g/mol. The Kier molecular flexibility index (Phi) is 3.65. The van der Waals surface area contributed by atoms with Gasteiger partial charge in [-0.1, -0.05) is 0 Å². The first-order chi connectivity index (χ1) is 8.43. The Balaban J connectivity index is 2.37. The predicted molar refractivity (Wildman–Crippen MR) is 62.6 cm³/mol. The van der Waals surface area contributed by atoms with Crippen molar-refractivity contribution in [1.29, 1.82) is 0 Å². The Morgan fingerprint density at radius 1 is 1.33 bits per heavy atom. The predicted octanol–water partition coefficient (Wildman–Crippen LogP) is 0.947. The highest BCUT2D eigenvalue weighted by Gasteiger charge is 2.31. The number of hydrogen-bond acceptors (Lipinski definition) is 3. The van der Waals surface area contributed by atoms with Crippen molar-refractivity contribution in [3.63, 3.8) is 0 Å². The summed E-state index contributed by atoms with van der Waals surface area (Å²) in [5.41, 5.74) is 0. The highest BCUT2D eigenvalue weighted by Crippen LogP contribution is 2.21. The zero-order valence-corrected chi connectivity index (χ0v) is 10.7. The Labute approximate surface area is 105 Å². The van der Waals surface area contributed by atoms with Gasteiger partial charge in [-0.2, -0.15) is 4.31 Å². The second-order valence-corrected chi connectivity index (χ2v) is 6.14. The molecule has 1 fully saturated rings. The molecule has 0 radical (unpaired) electrons. The highest BCUT2D eigenvalue weighted by atomic mass is 32.2. The molecule has 0 saturated carbocycles. The molecule has 1 aromatic rings. The second-order valence-electron chi connectivity index (χ2n) is 4.24. The van der Waals surface area contributed by atoms with Gasteiger partial charge in [0.25, 0.3) is 0 Å². The van der Waals surface area contributed by atoms with Crippen molar-refractivity contribution in [2.45, 2.75) is 17.9 Å². The lowest BCUT2D eigenvalue weighted by Crippen LogP contribution is -2.52. The van der Waals surface area contributed by atoms with E-state index in [0.717, 1.165) is 18.2 Å². The van der Waals surface area contributed by atoms with E-state index >= 15 is 0 Å². The van der Waals surface area contributed by atoms with E-state index < -0.39 is 21.7 Å². The van der Waals surface area contributed by atoms with Crippen molar-refractivity contribution in [2.75, 3.05) is 19.6 Å². The fraction of sp³-hybridized carbons (Fsp3) is 0.455. The molecule has 0 unspecified atom stereocenters. The number of nitrogens with zero attached hydrogens (tertiary/aromatic N) is 1. The van der Waals surface area contributed by atoms with Crippen LogP contribution in [0.25, 0.3) is 0 Å². The van der Waals surface area contributed by atoms with Crippen LogP contribution in [0.1, 0.15) is 6.92 Å². The van der Waals surface area contributed by atoms with Crippen LogP contribution in [0.4, 0.5) is 8.78 Å². The minimum Gasteiger partial charge on any atom is -0.314 e. The molecule has 1 atom stereocenters. The van der Waals surface area contributed by atoms with Crippen LogP contribution in [0.5, 0.6) is 0 Å². The number of benzene rings is 1. The first-order valence-electron chi connectivity index (χ1n) is 5.60. The third kappa shape index (κ3) is 2.38. The number of nitrogens with one attached hydrogen (secondary N) is 1. The van der Waals surface area contributed by atoms with Gasteiger partial charge in [-0.15, -0.1) is 0 Å². The van der Waals surface area contributed by atoms with Crippen molar-refractivity contribution in [1.82, 2.24) is 9.62 Å². The highest BCUT2D eigenvalue weighted by molar-refractivity contribution is 7.89. The molecule has 1 aliphatic rings. The van der Waals surface area contributed by atoms with Crippen LogP contribution in [-0.2, 0) is 10.0 Å². The third-order valence-corrected chi connectivity index (χ3v) is 4.95. The van der Waals surface area contributed by atoms with Crippen LogP contribution >= 0.6 is 0 Å². The van der Waals surface area contributed by atoms with Crippen molar-refractivity contribution in [2.24, 2.45) is 0 Å². The molecular formula is C11H14F2N2O2S. The molecule has 100 valence electrons. The van der Waals surface area contributed by atoms with Gasteiger partial charge in [-0.25, -0.2) is 17.2 Å². The van der Waals surface area contributed by atoms with Gasteiger partial charge in [0.1, 0.15) is 0 Å². The standard InChI is InChI=1S/C11H14F2N2O2S/c1-8-7-14-4-5-15(8)18(16,17)9-2-3-10(12)11(13)6-9/h2-3,6,8,14H,4-5,7H2,1H3/t8-/m0/s1. The molecule has 1 aromatic carbocycles. The molecule has 4 nitrogen and oxygen atoms in total. The van der Waals surface area contributed by atoms with Crippen molar-refractivity contribution in [3.05, 3.63) is 29.8 Å². The lowest BCUT2D eigenvalue weighted by Gasteiger charge is -2.32. The number of halogens is 2. The van der Waals surface area contributed by atoms with Crippen molar-refractivity contribution < 1.29 is 17.2 Å². The van der Waals surface area contributed by atoms with E-state index in [1.54, 1.807) is 6.92 Å². The number of rotatable bonds is 2. The van der Waals surface area contributed by atoms with Gasteiger partial charge in [-0.3, -0.25) is 0 Å². The maximum atomic E-state index is 13.1. The van der Waals surface area contributed by atoms with Gasteiger partial charge < -0.3 is 5.32 Å². The molecule has 0 spiro atoms. The fourth-order valence-electron chi connectivity index (χ4n) is 1.95. The van der Waals surface area contributed by atoms with E-state index in [9.17, 15) is 17.2 Å². The molecule has 2 rings (SSSR count). The number of sulfonamides is 1. The second kappa shape index (κ2) is 4.91. The quantitative estimate of drug-likeness (QED) is 0.875. The summed E-state index contributed by atoms with van der Waals surface area (Å²) in [7, 11) is -3.76. The summed E-state index contributed by atoms with van der Waals surface area (Å²) >= 11 is 0. The molecule has 0 aromatic heterocycles. The minimum atomic E-state index is -3.76. The van der Waals surface area contributed by atoms with Crippen molar-refractivity contribution in [3.8, 4) is 0 Å². The molecule has 7 heteroatoms. The van der Waals surface area contributed by atoms with E-state index in [0.29, 0.717) is 19.6 Å². The Bertz CT molecular complexity index is 548. The summed E-state index contributed by atoms with van der Waals surface area (Å²) in [5, 5.41) is 3.07. The van der Waals surface area contributed by atoms with E-state index in [-0.39, 0.29) is 10.9 Å². The average Bonchev–Trinajstić information content (AvgIpc) is 2.33. The largest absolute Gasteiger partial charge is 0.314 e. The van der Waals surface area contributed by atoms with Crippen LogP contribution in [-0.4, -0.2) is 38.4 Å². The third-order valence-electron chi connectivity index (χ3n) is 2.94. The van der Waals surface area contributed by atoms with Crippen LogP contribution in [0.3, 0.4) is 0 Å². The summed E-state index contributed by atoms with van der Waals surface area (Å²) in [6.45, 7) is 3.18. The maximum Gasteiger partial charge on any atom is 0.243 e. The van der Waals surface area contributed by atoms with Gasteiger partial charge >= 0.3 is 0 Å². The Hall–Kier alpha value is -1.05. The van der Waals surface area contributed by atoms with Gasteiger partial charge in [0.15, 0.2) is 11.6 Å². The summed E-state index contributed by atoms with van der Waals surface area (Å²) in [5.74, 6) is -2.21. The summed E-state index contributed by atoms with van der Waals surface area (Å²) in [6.07, 6.45) is 0. The molecule has 1 heterocycles. The molecule has 0 aliphatic carbocycles. The summed E-state index contributed by atoms with van der Waals surface area (Å²) in [6, 6.07) is 2.42. The normalized spacial score (nSPS) is 22.1. The fourth-order valence-corrected chi connectivity index (χ4v) is 3.60. The first-order valence-corrected chi connectivity index (χ1v) is 7.04. The minimum absolute atomic E-state index is 0.211. The van der Waals surface area contributed by atoms with Gasteiger partial charge in [0.2, 0.25) is 10.0 Å². The molecule has 1 N–H and O–H groups in total. The van der Waals surface area contributed by atoms with Crippen LogP contribution in [0, 0.1) is 11.6 Å². The number of hydrogen-bond donors (Lipinski definition) is 1. The summed E-state index contributed by atoms with van der Waals surface area (Å²) in [4.78, 5) is -0.213. The lowest BCUT2D eigenvalue weighted by molar-refractivity contribution is 0.283. The molecule has 0 bridgehead atoms. The average molecular weight is 276 g/mol. The SMILES string of the molecule is C[C@H]1CNCCN1S(=O)(=O)c1ccc(F)c(F)c1. The van der Waals surface area contributed by atoms with Crippen LogP contribution in [0.15, 0.2) is 23.1 Å². The van der Waals surface area contributed by atoms with Gasteiger partial charge in [0.05, 0.1) is 4.90 Å². The zero-order chi connectivity index (χ0) is 13.3. The molecule has 1 aliphatic heterocycles. The Morgan fingerprint density at radius 3 is 2.67 bits per heavy atom.